The van der Waals surface area contributed by atoms with Crippen LogP contribution in [-0.4, -0.2) is 36.1 Å². The summed E-state index contributed by atoms with van der Waals surface area (Å²) in [6.07, 6.45) is -2.50. The molecule has 2 rings (SSSR count). The molecule has 1 saturated heterocycles. The van der Waals surface area contributed by atoms with Gasteiger partial charge in [0.1, 0.15) is 5.82 Å². The van der Waals surface area contributed by atoms with E-state index in [9.17, 15) is 13.2 Å². The first kappa shape index (κ1) is 11.1. The van der Waals surface area contributed by atoms with Crippen molar-refractivity contribution in [2.45, 2.75) is 12.2 Å². The number of nitrogens with one attached hydrogen (secondary N) is 1. The maximum absolute atomic E-state index is 12.2. The van der Waals surface area contributed by atoms with Crippen LogP contribution in [0.4, 0.5) is 19.0 Å². The highest BCUT2D eigenvalue weighted by Crippen LogP contribution is 2.27. The van der Waals surface area contributed by atoms with E-state index in [2.05, 4.69) is 15.3 Å². The van der Waals surface area contributed by atoms with Crippen molar-refractivity contribution in [3.8, 4) is 0 Å². The Morgan fingerprint density at radius 1 is 1.31 bits per heavy atom. The first-order chi connectivity index (χ1) is 7.50. The van der Waals surface area contributed by atoms with E-state index in [0.29, 0.717) is 11.9 Å². The fourth-order valence-electron chi connectivity index (χ4n) is 1.48. The van der Waals surface area contributed by atoms with Crippen LogP contribution in [0.2, 0.25) is 0 Å². The lowest BCUT2D eigenvalue weighted by Gasteiger charge is -2.39. The van der Waals surface area contributed by atoms with E-state index in [1.165, 1.54) is 0 Å². The average molecular weight is 232 g/mol. The number of likely N-dealkylation sites (N-methyl/N-ethyl adjacent to an activating group) is 1. The van der Waals surface area contributed by atoms with Gasteiger partial charge < -0.3 is 10.2 Å². The SMILES string of the molecule is CNC1CN(c2cnc(C(F)(F)F)cn2)C1. The van der Waals surface area contributed by atoms with Crippen molar-refractivity contribution in [2.24, 2.45) is 0 Å². The summed E-state index contributed by atoms with van der Waals surface area (Å²) < 4.78 is 36.6. The second-order valence-corrected chi connectivity index (χ2v) is 3.65. The van der Waals surface area contributed by atoms with Gasteiger partial charge >= 0.3 is 6.18 Å². The second kappa shape index (κ2) is 3.89. The number of alkyl halides is 3. The monoisotopic (exact) mass is 232 g/mol. The highest BCUT2D eigenvalue weighted by molar-refractivity contribution is 5.40. The zero-order valence-corrected chi connectivity index (χ0v) is 8.62. The van der Waals surface area contributed by atoms with Crippen molar-refractivity contribution < 1.29 is 13.2 Å². The number of hydrogen-bond donors (Lipinski definition) is 1. The van der Waals surface area contributed by atoms with Crippen LogP contribution in [0, 0.1) is 0 Å². The molecule has 88 valence electrons. The van der Waals surface area contributed by atoms with Gasteiger partial charge in [0, 0.05) is 19.1 Å². The summed E-state index contributed by atoms with van der Waals surface area (Å²) in [6, 6.07) is 0.379. The highest BCUT2D eigenvalue weighted by Gasteiger charge is 2.33. The van der Waals surface area contributed by atoms with Crippen molar-refractivity contribution in [1.29, 1.82) is 0 Å². The van der Waals surface area contributed by atoms with Crippen LogP contribution in [0.25, 0.3) is 0 Å². The third kappa shape index (κ3) is 2.08. The summed E-state index contributed by atoms with van der Waals surface area (Å²) in [4.78, 5) is 8.98. The number of nitrogens with zero attached hydrogens (tertiary/aromatic N) is 3. The van der Waals surface area contributed by atoms with Crippen molar-refractivity contribution in [3.63, 3.8) is 0 Å². The lowest BCUT2D eigenvalue weighted by atomic mass is 10.1. The van der Waals surface area contributed by atoms with Gasteiger partial charge in [0.2, 0.25) is 0 Å². The summed E-state index contributed by atoms with van der Waals surface area (Å²) in [6.45, 7) is 1.49. The Morgan fingerprint density at radius 3 is 2.44 bits per heavy atom. The van der Waals surface area contributed by atoms with Gasteiger partial charge in [-0.05, 0) is 7.05 Å². The van der Waals surface area contributed by atoms with Gasteiger partial charge in [-0.1, -0.05) is 0 Å². The quantitative estimate of drug-likeness (QED) is 0.822. The van der Waals surface area contributed by atoms with Crippen molar-refractivity contribution in [3.05, 3.63) is 18.1 Å². The van der Waals surface area contributed by atoms with Gasteiger partial charge in [-0.15, -0.1) is 0 Å². The normalized spacial score (nSPS) is 17.4. The summed E-state index contributed by atoms with van der Waals surface area (Å²) in [5, 5.41) is 3.07. The Kier molecular flexibility index (Phi) is 2.71. The summed E-state index contributed by atoms with van der Waals surface area (Å²) in [7, 11) is 1.85. The van der Waals surface area contributed by atoms with Crippen LogP contribution in [0.1, 0.15) is 5.69 Å². The lowest BCUT2D eigenvalue weighted by Crippen LogP contribution is -2.57. The first-order valence-electron chi connectivity index (χ1n) is 4.82. The molecular formula is C9H11F3N4. The van der Waals surface area contributed by atoms with Gasteiger partial charge in [-0.25, -0.2) is 9.97 Å². The summed E-state index contributed by atoms with van der Waals surface area (Å²) in [5.74, 6) is 0.486. The molecule has 1 aromatic rings. The molecule has 16 heavy (non-hydrogen) atoms. The van der Waals surface area contributed by atoms with E-state index in [-0.39, 0.29) is 0 Å². The molecule has 2 heterocycles. The molecule has 0 radical (unpaired) electrons. The standard InChI is InChI=1S/C9H11F3N4/c1-13-6-4-16(5-6)8-3-14-7(2-15-8)9(10,11)12/h2-3,6,13H,4-5H2,1H3. The maximum atomic E-state index is 12.2. The molecule has 0 aliphatic carbocycles. The zero-order valence-electron chi connectivity index (χ0n) is 8.62. The molecule has 0 bridgehead atoms. The average Bonchev–Trinajstić information content (AvgIpc) is 2.15. The molecule has 0 aromatic carbocycles. The van der Waals surface area contributed by atoms with Crippen LogP contribution in [0.3, 0.4) is 0 Å². The molecule has 4 nitrogen and oxygen atoms in total. The molecule has 7 heteroatoms. The van der Waals surface area contributed by atoms with Crippen LogP contribution in [0.5, 0.6) is 0 Å². The molecule has 1 aliphatic heterocycles. The molecule has 1 fully saturated rings. The minimum atomic E-state index is -4.42. The van der Waals surface area contributed by atoms with E-state index in [1.807, 2.05) is 11.9 Å². The van der Waals surface area contributed by atoms with E-state index in [4.69, 9.17) is 0 Å². The molecule has 0 atom stereocenters. The number of anilines is 1. The van der Waals surface area contributed by atoms with E-state index >= 15 is 0 Å². The Hall–Kier alpha value is -1.37. The van der Waals surface area contributed by atoms with Crippen LogP contribution >= 0.6 is 0 Å². The predicted molar refractivity (Wildman–Crippen MR) is 52.1 cm³/mol. The fraction of sp³-hybridized carbons (Fsp3) is 0.556. The Bertz CT molecular complexity index is 356. The third-order valence-electron chi connectivity index (χ3n) is 2.54. The Morgan fingerprint density at radius 2 is 2.00 bits per heavy atom. The van der Waals surface area contributed by atoms with Crippen molar-refractivity contribution >= 4 is 5.82 Å². The summed E-state index contributed by atoms with van der Waals surface area (Å²) in [5.41, 5.74) is -0.957. The van der Waals surface area contributed by atoms with Gasteiger partial charge in [-0.3, -0.25) is 0 Å². The van der Waals surface area contributed by atoms with Gasteiger partial charge in [-0.2, -0.15) is 13.2 Å². The van der Waals surface area contributed by atoms with Crippen LogP contribution in [0.15, 0.2) is 12.4 Å². The highest BCUT2D eigenvalue weighted by atomic mass is 19.4. The van der Waals surface area contributed by atoms with E-state index in [1.54, 1.807) is 0 Å². The van der Waals surface area contributed by atoms with Gasteiger partial charge in [0.25, 0.3) is 0 Å². The van der Waals surface area contributed by atoms with Crippen molar-refractivity contribution in [1.82, 2.24) is 15.3 Å². The van der Waals surface area contributed by atoms with Gasteiger partial charge in [0.15, 0.2) is 5.69 Å². The molecular weight excluding hydrogens is 221 g/mol. The minimum Gasteiger partial charge on any atom is -0.352 e. The molecule has 0 spiro atoms. The summed E-state index contributed by atoms with van der Waals surface area (Å²) >= 11 is 0. The zero-order chi connectivity index (χ0) is 11.8. The van der Waals surface area contributed by atoms with E-state index < -0.39 is 11.9 Å². The molecule has 1 aliphatic rings. The molecule has 0 saturated carbocycles. The lowest BCUT2D eigenvalue weighted by molar-refractivity contribution is -0.141. The largest absolute Gasteiger partial charge is 0.434 e. The topological polar surface area (TPSA) is 41.0 Å². The Balaban J connectivity index is 2.04. The molecule has 1 N–H and O–H groups in total. The third-order valence-corrected chi connectivity index (χ3v) is 2.54. The first-order valence-corrected chi connectivity index (χ1v) is 4.82. The van der Waals surface area contributed by atoms with Crippen molar-refractivity contribution in [2.75, 3.05) is 25.0 Å². The second-order valence-electron chi connectivity index (χ2n) is 3.65. The maximum Gasteiger partial charge on any atom is 0.434 e. The molecule has 0 unspecified atom stereocenters. The number of rotatable bonds is 2. The predicted octanol–water partition coefficient (Wildman–Crippen LogP) is 0.903. The van der Waals surface area contributed by atoms with Crippen LogP contribution in [-0.2, 0) is 6.18 Å². The van der Waals surface area contributed by atoms with Crippen LogP contribution < -0.4 is 10.2 Å². The van der Waals surface area contributed by atoms with E-state index in [0.717, 1.165) is 25.5 Å². The molecule has 1 aromatic heterocycles. The van der Waals surface area contributed by atoms with Gasteiger partial charge in [0.05, 0.1) is 12.4 Å². The smallest absolute Gasteiger partial charge is 0.352 e. The minimum absolute atomic E-state index is 0.379. The Labute approximate surface area is 90.5 Å². The fourth-order valence-corrected chi connectivity index (χ4v) is 1.48. The number of halogens is 3. The number of hydrogen-bond acceptors (Lipinski definition) is 4. The number of aromatic nitrogens is 2. The molecule has 0 amide bonds.